The molecule has 1 aromatic rings. The van der Waals surface area contributed by atoms with Gasteiger partial charge in [0, 0.05) is 34.4 Å². The van der Waals surface area contributed by atoms with Crippen molar-refractivity contribution in [1.29, 1.82) is 0 Å². The highest BCUT2D eigenvalue weighted by Gasteiger charge is 1.99. The van der Waals surface area contributed by atoms with Gasteiger partial charge in [0.2, 0.25) is 5.91 Å². The molecule has 5 nitrogen and oxygen atoms in total. The van der Waals surface area contributed by atoms with Crippen molar-refractivity contribution in [2.24, 2.45) is 0 Å². The fourth-order valence-corrected chi connectivity index (χ4v) is 1.63. The van der Waals surface area contributed by atoms with Gasteiger partial charge in [0.15, 0.2) is 0 Å². The first-order valence-corrected chi connectivity index (χ1v) is 8.12. The monoisotopic (exact) mass is 364 g/mol. The van der Waals surface area contributed by atoms with Crippen molar-refractivity contribution in [2.45, 2.75) is 6.42 Å². The summed E-state index contributed by atoms with van der Waals surface area (Å²) in [6.07, 6.45) is 1.17. The molecule has 132 valence electrons. The van der Waals surface area contributed by atoms with Crippen molar-refractivity contribution < 1.29 is 14.3 Å². The van der Waals surface area contributed by atoms with Crippen molar-refractivity contribution in [1.82, 2.24) is 10.2 Å². The molecule has 0 saturated carbocycles. The number of hydrogen-bond acceptors (Lipinski definition) is 4. The Morgan fingerprint density at radius 1 is 1.22 bits per heavy atom. The third-order valence-corrected chi connectivity index (χ3v) is 3.41. The van der Waals surface area contributed by atoms with Gasteiger partial charge < -0.3 is 19.7 Å². The number of rotatable bonds is 2. The van der Waals surface area contributed by atoms with Crippen LogP contribution in [0.4, 0.5) is 0 Å². The SMILES string of the molecule is C1CNCCOC1.COCC(=O)N(C)C.Clc1ccccc1Cl. The van der Waals surface area contributed by atoms with E-state index < -0.39 is 0 Å². The molecule has 1 aliphatic heterocycles. The van der Waals surface area contributed by atoms with Gasteiger partial charge in [0.1, 0.15) is 6.61 Å². The zero-order valence-corrected chi connectivity index (χ0v) is 15.5. The first-order chi connectivity index (χ1) is 11.0. The van der Waals surface area contributed by atoms with Gasteiger partial charge in [-0.15, -0.1) is 0 Å². The van der Waals surface area contributed by atoms with Gasteiger partial charge in [-0.2, -0.15) is 0 Å². The maximum Gasteiger partial charge on any atom is 0.248 e. The van der Waals surface area contributed by atoms with E-state index in [2.05, 4.69) is 10.1 Å². The van der Waals surface area contributed by atoms with E-state index >= 15 is 0 Å². The lowest BCUT2D eigenvalue weighted by Crippen LogP contribution is -2.25. The van der Waals surface area contributed by atoms with Crippen molar-refractivity contribution in [2.75, 3.05) is 54.1 Å². The molecule has 23 heavy (non-hydrogen) atoms. The van der Waals surface area contributed by atoms with Crippen LogP contribution in [0.25, 0.3) is 0 Å². The number of carbonyl (C=O) groups is 1. The molecule has 1 amide bonds. The number of nitrogens with zero attached hydrogens (tertiary/aromatic N) is 1. The number of methoxy groups -OCH3 is 1. The molecule has 7 heteroatoms. The summed E-state index contributed by atoms with van der Waals surface area (Å²) in [4.78, 5) is 12.0. The predicted molar refractivity (Wildman–Crippen MR) is 95.3 cm³/mol. The summed E-state index contributed by atoms with van der Waals surface area (Å²) in [7, 11) is 4.89. The minimum atomic E-state index is -0.00694. The number of halogens is 2. The maximum atomic E-state index is 10.5. The Hall–Kier alpha value is -0.850. The molecule has 1 saturated heterocycles. The molecule has 1 heterocycles. The van der Waals surface area contributed by atoms with Crippen LogP contribution in [-0.2, 0) is 14.3 Å². The van der Waals surface area contributed by atoms with Gasteiger partial charge in [0.05, 0.1) is 16.7 Å². The molecule has 2 rings (SSSR count). The lowest BCUT2D eigenvalue weighted by Gasteiger charge is -2.07. The van der Waals surface area contributed by atoms with Gasteiger partial charge in [0.25, 0.3) is 0 Å². The van der Waals surface area contributed by atoms with E-state index in [4.69, 9.17) is 27.9 Å². The molecule has 0 bridgehead atoms. The summed E-state index contributed by atoms with van der Waals surface area (Å²) in [6.45, 7) is 4.15. The first-order valence-electron chi connectivity index (χ1n) is 7.36. The molecular weight excluding hydrogens is 339 g/mol. The summed E-state index contributed by atoms with van der Waals surface area (Å²) in [5.41, 5.74) is 0. The van der Waals surface area contributed by atoms with E-state index in [1.807, 2.05) is 12.1 Å². The number of nitrogens with one attached hydrogen (secondary N) is 1. The smallest absolute Gasteiger partial charge is 0.248 e. The summed E-state index contributed by atoms with van der Waals surface area (Å²) in [5.74, 6) is -0.00694. The van der Waals surface area contributed by atoms with Crippen molar-refractivity contribution in [3.63, 3.8) is 0 Å². The van der Waals surface area contributed by atoms with E-state index in [0.717, 1.165) is 26.3 Å². The maximum absolute atomic E-state index is 10.5. The molecule has 1 aromatic carbocycles. The van der Waals surface area contributed by atoms with E-state index in [1.54, 1.807) is 26.2 Å². The van der Waals surface area contributed by atoms with Crippen LogP contribution in [0, 0.1) is 0 Å². The molecule has 0 spiro atoms. The van der Waals surface area contributed by atoms with Crippen molar-refractivity contribution in [3.05, 3.63) is 34.3 Å². The number of carbonyl (C=O) groups excluding carboxylic acids is 1. The third kappa shape index (κ3) is 13.3. The quantitative estimate of drug-likeness (QED) is 0.876. The van der Waals surface area contributed by atoms with Crippen molar-refractivity contribution in [3.8, 4) is 0 Å². The number of likely N-dealkylation sites (N-methyl/N-ethyl adjacent to an activating group) is 1. The molecule has 0 radical (unpaired) electrons. The lowest BCUT2D eigenvalue weighted by atomic mass is 10.4. The lowest BCUT2D eigenvalue weighted by molar-refractivity contribution is -0.132. The van der Waals surface area contributed by atoms with Crippen LogP contribution >= 0.6 is 23.2 Å². The van der Waals surface area contributed by atoms with E-state index in [9.17, 15) is 4.79 Å². The van der Waals surface area contributed by atoms with Gasteiger partial charge in [-0.1, -0.05) is 35.3 Å². The Morgan fingerprint density at radius 3 is 2.26 bits per heavy atom. The summed E-state index contributed by atoms with van der Waals surface area (Å²) in [5, 5.41) is 4.43. The van der Waals surface area contributed by atoms with Crippen LogP contribution in [0.3, 0.4) is 0 Å². The fraction of sp³-hybridized carbons (Fsp3) is 0.562. The normalized spacial score (nSPS) is 13.6. The third-order valence-electron chi connectivity index (χ3n) is 2.66. The molecule has 1 aliphatic rings. The molecule has 0 aliphatic carbocycles. The zero-order valence-electron chi connectivity index (χ0n) is 14.0. The highest BCUT2D eigenvalue weighted by atomic mass is 35.5. The largest absolute Gasteiger partial charge is 0.380 e. The second kappa shape index (κ2) is 14.7. The molecule has 1 fully saturated rings. The van der Waals surface area contributed by atoms with Crippen LogP contribution in [0.15, 0.2) is 24.3 Å². The highest BCUT2D eigenvalue weighted by molar-refractivity contribution is 6.41. The zero-order chi connectivity index (χ0) is 17.5. The van der Waals surface area contributed by atoms with Crippen LogP contribution in [-0.4, -0.2) is 64.9 Å². The molecule has 0 unspecified atom stereocenters. The van der Waals surface area contributed by atoms with Gasteiger partial charge >= 0.3 is 0 Å². The summed E-state index contributed by atoms with van der Waals surface area (Å²) in [6, 6.07) is 7.19. The number of ether oxygens (including phenoxy) is 2. The second-order valence-electron chi connectivity index (χ2n) is 4.85. The first kappa shape index (κ1) is 22.1. The van der Waals surface area contributed by atoms with Crippen LogP contribution in [0.2, 0.25) is 10.0 Å². The van der Waals surface area contributed by atoms with Crippen LogP contribution < -0.4 is 5.32 Å². The molecule has 0 atom stereocenters. The van der Waals surface area contributed by atoms with Gasteiger partial charge in [-0.05, 0) is 25.1 Å². The molecule has 1 N–H and O–H groups in total. The van der Waals surface area contributed by atoms with E-state index in [1.165, 1.54) is 18.4 Å². The number of hydrogen-bond donors (Lipinski definition) is 1. The van der Waals surface area contributed by atoms with Gasteiger partial charge in [-0.25, -0.2) is 0 Å². The van der Waals surface area contributed by atoms with Crippen LogP contribution in [0.5, 0.6) is 0 Å². The predicted octanol–water partition coefficient (Wildman–Crippen LogP) is 2.71. The minimum Gasteiger partial charge on any atom is -0.380 e. The second-order valence-corrected chi connectivity index (χ2v) is 5.67. The Labute approximate surface area is 148 Å². The Morgan fingerprint density at radius 2 is 1.83 bits per heavy atom. The average molecular weight is 365 g/mol. The summed E-state index contributed by atoms with van der Waals surface area (Å²) >= 11 is 11.2. The standard InChI is InChI=1S/C6H4Cl2.C5H11NO2.C5H11NO/c7-5-3-1-2-4-6(5)8;1-6(2)5(7)4-8-3;1-2-6-3-5-7-4-1/h1-4H;4H2,1-3H3;6H,1-5H2. The topological polar surface area (TPSA) is 50.8 Å². The minimum absolute atomic E-state index is 0.00694. The summed E-state index contributed by atoms with van der Waals surface area (Å²) < 4.78 is 9.71. The number of amides is 1. The Kier molecular flexibility index (Phi) is 14.2. The highest BCUT2D eigenvalue weighted by Crippen LogP contribution is 2.19. The fourth-order valence-electron chi connectivity index (χ4n) is 1.36. The van der Waals surface area contributed by atoms with Crippen LogP contribution in [0.1, 0.15) is 6.42 Å². The van der Waals surface area contributed by atoms with E-state index in [0.29, 0.717) is 10.0 Å². The molecule has 0 aromatic heterocycles. The van der Waals surface area contributed by atoms with E-state index in [-0.39, 0.29) is 12.5 Å². The number of benzene rings is 1. The van der Waals surface area contributed by atoms with Crippen molar-refractivity contribution >= 4 is 29.1 Å². The Balaban J connectivity index is 0.000000316. The van der Waals surface area contributed by atoms with Gasteiger partial charge in [-0.3, -0.25) is 4.79 Å². The molecular formula is C16H26Cl2N2O3. The Bertz CT molecular complexity index is 391. The average Bonchev–Trinajstić information content (AvgIpc) is 2.84.